The highest BCUT2D eigenvalue weighted by molar-refractivity contribution is 7.88. The Morgan fingerprint density at radius 3 is 2.61 bits per heavy atom. The van der Waals surface area contributed by atoms with E-state index in [-0.39, 0.29) is 11.9 Å². The van der Waals surface area contributed by atoms with Crippen LogP contribution in [0.3, 0.4) is 0 Å². The van der Waals surface area contributed by atoms with Crippen molar-refractivity contribution in [2.75, 3.05) is 19.3 Å². The Bertz CT molecular complexity index is 502. The number of hydrogen-bond donors (Lipinski definition) is 1. The Kier molecular flexibility index (Phi) is 4.04. The predicted molar refractivity (Wildman–Crippen MR) is 71.2 cm³/mol. The number of carbonyl (C=O) groups is 1. The number of hydrogen-bond acceptors (Lipinski definition) is 4. The molecule has 0 atom stereocenters. The summed E-state index contributed by atoms with van der Waals surface area (Å²) in [4.78, 5) is 13.8. The van der Waals surface area contributed by atoms with Gasteiger partial charge in [-0.15, -0.1) is 0 Å². The molecule has 2 heterocycles. The highest BCUT2D eigenvalue weighted by Gasteiger charge is 2.25. The zero-order valence-electron chi connectivity index (χ0n) is 10.1. The number of rotatable bonds is 3. The summed E-state index contributed by atoms with van der Waals surface area (Å²) in [5, 5.41) is 3.72. The topological polar surface area (TPSA) is 66.5 Å². The van der Waals surface area contributed by atoms with E-state index in [9.17, 15) is 13.2 Å². The maximum absolute atomic E-state index is 12.0. The molecule has 1 aromatic heterocycles. The molecule has 0 aromatic carbocycles. The molecule has 1 aliphatic heterocycles. The molecule has 0 aliphatic carbocycles. The van der Waals surface area contributed by atoms with Crippen molar-refractivity contribution in [1.82, 2.24) is 9.62 Å². The van der Waals surface area contributed by atoms with Crippen LogP contribution in [0.5, 0.6) is 0 Å². The first kappa shape index (κ1) is 13.5. The number of nitrogens with one attached hydrogen (secondary N) is 1. The van der Waals surface area contributed by atoms with Crippen LogP contribution < -0.4 is 4.72 Å². The number of sulfonamides is 1. The SMILES string of the molecule is CS(=O)(=O)NC1CCN(C(=O)c2ccsc2)CC1. The largest absolute Gasteiger partial charge is 0.339 e. The first-order valence-corrected chi connectivity index (χ1v) is 8.58. The Balaban J connectivity index is 1.89. The van der Waals surface area contributed by atoms with Gasteiger partial charge in [0, 0.05) is 24.5 Å². The molecule has 100 valence electrons. The minimum Gasteiger partial charge on any atom is -0.339 e. The summed E-state index contributed by atoms with van der Waals surface area (Å²) >= 11 is 1.50. The zero-order chi connectivity index (χ0) is 13.2. The van der Waals surface area contributed by atoms with Crippen LogP contribution in [0.25, 0.3) is 0 Å². The molecule has 2 rings (SSSR count). The first-order chi connectivity index (χ1) is 8.46. The van der Waals surface area contributed by atoms with Crippen molar-refractivity contribution < 1.29 is 13.2 Å². The van der Waals surface area contributed by atoms with E-state index in [1.54, 1.807) is 4.90 Å². The smallest absolute Gasteiger partial charge is 0.254 e. The maximum Gasteiger partial charge on any atom is 0.254 e. The van der Waals surface area contributed by atoms with Crippen LogP contribution in [-0.4, -0.2) is 44.6 Å². The third kappa shape index (κ3) is 3.54. The molecule has 1 saturated heterocycles. The van der Waals surface area contributed by atoms with Crippen LogP contribution >= 0.6 is 11.3 Å². The van der Waals surface area contributed by atoms with E-state index in [0.717, 1.165) is 11.8 Å². The van der Waals surface area contributed by atoms with Gasteiger partial charge in [-0.1, -0.05) is 0 Å². The lowest BCUT2D eigenvalue weighted by molar-refractivity contribution is 0.0712. The summed E-state index contributed by atoms with van der Waals surface area (Å²) in [6.45, 7) is 1.20. The summed E-state index contributed by atoms with van der Waals surface area (Å²) in [5.41, 5.74) is 0.717. The van der Waals surface area contributed by atoms with Crippen molar-refractivity contribution >= 4 is 27.3 Å². The molecule has 7 heteroatoms. The highest BCUT2D eigenvalue weighted by Crippen LogP contribution is 2.16. The third-order valence-corrected chi connectivity index (χ3v) is 4.38. The van der Waals surface area contributed by atoms with Crippen molar-refractivity contribution in [2.45, 2.75) is 18.9 Å². The van der Waals surface area contributed by atoms with E-state index in [2.05, 4.69) is 4.72 Å². The molecule has 0 spiro atoms. The molecule has 0 unspecified atom stereocenters. The summed E-state index contributed by atoms with van der Waals surface area (Å²) in [5.74, 6) is 0.0362. The highest BCUT2D eigenvalue weighted by atomic mass is 32.2. The van der Waals surface area contributed by atoms with Gasteiger partial charge in [0.05, 0.1) is 11.8 Å². The standard InChI is InChI=1S/C11H16N2O3S2/c1-18(15,16)12-10-2-5-13(6-3-10)11(14)9-4-7-17-8-9/h4,7-8,10,12H,2-3,5-6H2,1H3. The van der Waals surface area contributed by atoms with Gasteiger partial charge in [0.2, 0.25) is 10.0 Å². The molecule has 0 radical (unpaired) electrons. The fourth-order valence-corrected chi connectivity index (χ4v) is 3.54. The molecule has 1 fully saturated rings. The van der Waals surface area contributed by atoms with Gasteiger partial charge in [0.1, 0.15) is 0 Å². The molecule has 5 nitrogen and oxygen atoms in total. The van der Waals surface area contributed by atoms with Crippen molar-refractivity contribution in [1.29, 1.82) is 0 Å². The predicted octanol–water partition coefficient (Wildman–Crippen LogP) is 0.902. The van der Waals surface area contributed by atoms with Gasteiger partial charge in [0.15, 0.2) is 0 Å². The molecular formula is C11H16N2O3S2. The number of carbonyl (C=O) groups excluding carboxylic acids is 1. The van der Waals surface area contributed by atoms with E-state index in [0.29, 0.717) is 25.9 Å². The first-order valence-electron chi connectivity index (χ1n) is 5.74. The van der Waals surface area contributed by atoms with Crippen LogP contribution in [0, 0.1) is 0 Å². The van der Waals surface area contributed by atoms with Crippen LogP contribution in [-0.2, 0) is 10.0 Å². The molecule has 1 aromatic rings. The summed E-state index contributed by atoms with van der Waals surface area (Å²) < 4.78 is 24.8. The van der Waals surface area contributed by atoms with Crippen molar-refractivity contribution in [3.63, 3.8) is 0 Å². The second kappa shape index (κ2) is 5.38. The fourth-order valence-electron chi connectivity index (χ4n) is 2.07. The normalized spacial score (nSPS) is 17.9. The summed E-state index contributed by atoms with van der Waals surface area (Å²) in [6, 6.07) is 1.76. The summed E-state index contributed by atoms with van der Waals surface area (Å²) in [7, 11) is -3.16. The van der Waals surface area contributed by atoms with E-state index in [1.165, 1.54) is 11.3 Å². The number of piperidine rings is 1. The van der Waals surface area contributed by atoms with Gasteiger partial charge in [-0.2, -0.15) is 11.3 Å². The third-order valence-electron chi connectivity index (χ3n) is 2.93. The number of amides is 1. The average molecular weight is 288 g/mol. The van der Waals surface area contributed by atoms with E-state index < -0.39 is 10.0 Å². The van der Waals surface area contributed by atoms with E-state index in [1.807, 2.05) is 16.8 Å². The summed E-state index contributed by atoms with van der Waals surface area (Å²) in [6.07, 6.45) is 2.50. The minimum absolute atomic E-state index is 0.0362. The lowest BCUT2D eigenvalue weighted by atomic mass is 10.1. The second-order valence-electron chi connectivity index (χ2n) is 4.47. The van der Waals surface area contributed by atoms with E-state index in [4.69, 9.17) is 0 Å². The van der Waals surface area contributed by atoms with Crippen LogP contribution in [0.15, 0.2) is 16.8 Å². The van der Waals surface area contributed by atoms with Crippen LogP contribution in [0.1, 0.15) is 23.2 Å². The van der Waals surface area contributed by atoms with Gasteiger partial charge in [0.25, 0.3) is 5.91 Å². The number of thiophene rings is 1. The van der Waals surface area contributed by atoms with Crippen LogP contribution in [0.4, 0.5) is 0 Å². The molecule has 1 N–H and O–H groups in total. The number of likely N-dealkylation sites (tertiary alicyclic amines) is 1. The second-order valence-corrected chi connectivity index (χ2v) is 7.03. The van der Waals surface area contributed by atoms with Gasteiger partial charge >= 0.3 is 0 Å². The Morgan fingerprint density at radius 1 is 1.44 bits per heavy atom. The van der Waals surface area contributed by atoms with Crippen molar-refractivity contribution in [3.05, 3.63) is 22.4 Å². The zero-order valence-corrected chi connectivity index (χ0v) is 11.8. The Labute approximate surface area is 111 Å². The van der Waals surface area contributed by atoms with Gasteiger partial charge in [-0.05, 0) is 24.3 Å². The van der Waals surface area contributed by atoms with Crippen molar-refractivity contribution in [3.8, 4) is 0 Å². The molecule has 1 amide bonds. The number of nitrogens with zero attached hydrogens (tertiary/aromatic N) is 1. The average Bonchev–Trinajstić information content (AvgIpc) is 2.80. The molecule has 1 aliphatic rings. The molecular weight excluding hydrogens is 272 g/mol. The van der Waals surface area contributed by atoms with E-state index >= 15 is 0 Å². The van der Waals surface area contributed by atoms with Crippen molar-refractivity contribution in [2.24, 2.45) is 0 Å². The maximum atomic E-state index is 12.0. The van der Waals surface area contributed by atoms with Crippen LogP contribution in [0.2, 0.25) is 0 Å². The lowest BCUT2D eigenvalue weighted by Crippen LogP contribution is -2.46. The molecule has 0 bridgehead atoms. The quantitative estimate of drug-likeness (QED) is 0.898. The van der Waals surface area contributed by atoms with Gasteiger partial charge in [-0.3, -0.25) is 4.79 Å². The fraction of sp³-hybridized carbons (Fsp3) is 0.545. The monoisotopic (exact) mass is 288 g/mol. The Morgan fingerprint density at radius 2 is 2.11 bits per heavy atom. The lowest BCUT2D eigenvalue weighted by Gasteiger charge is -2.31. The Hall–Kier alpha value is -0.920. The van der Waals surface area contributed by atoms with Gasteiger partial charge < -0.3 is 4.90 Å². The minimum atomic E-state index is -3.16. The molecule has 18 heavy (non-hydrogen) atoms. The molecule has 0 saturated carbocycles. The van der Waals surface area contributed by atoms with Gasteiger partial charge in [-0.25, -0.2) is 13.1 Å².